The monoisotopic (exact) mass is 510 g/mol. The number of thioether (sulfide) groups is 1. The molecule has 9 heteroatoms. The van der Waals surface area contributed by atoms with Crippen LogP contribution in [0, 0.1) is 0 Å². The van der Waals surface area contributed by atoms with Gasteiger partial charge in [-0.3, -0.25) is 4.57 Å². The molecule has 184 valence electrons. The summed E-state index contributed by atoms with van der Waals surface area (Å²) in [6, 6.07) is 17.0. The molecule has 36 heavy (non-hydrogen) atoms. The number of carboxylic acids is 1. The summed E-state index contributed by atoms with van der Waals surface area (Å²) in [6.45, 7) is 3.40. The molecule has 1 N–H and O–H groups in total. The van der Waals surface area contributed by atoms with Crippen LogP contribution < -0.4 is 5.69 Å². The van der Waals surface area contributed by atoms with Gasteiger partial charge in [0.25, 0.3) is 0 Å². The lowest BCUT2D eigenvalue weighted by Crippen LogP contribution is -2.38. The van der Waals surface area contributed by atoms with E-state index < -0.39 is 34.2 Å². The van der Waals surface area contributed by atoms with Crippen LogP contribution >= 0.6 is 11.8 Å². The number of hydrogen-bond donors (Lipinski definition) is 1. The average Bonchev–Trinajstić information content (AvgIpc) is 3.10. The summed E-state index contributed by atoms with van der Waals surface area (Å²) >= 11 is 1.17. The fourth-order valence-electron chi connectivity index (χ4n) is 4.80. The van der Waals surface area contributed by atoms with Crippen molar-refractivity contribution in [2.45, 2.75) is 42.3 Å². The van der Waals surface area contributed by atoms with Gasteiger partial charge in [-0.05, 0) is 47.9 Å². The van der Waals surface area contributed by atoms with Gasteiger partial charge >= 0.3 is 17.8 Å². The first-order valence-corrected chi connectivity index (χ1v) is 12.0. The van der Waals surface area contributed by atoms with Gasteiger partial charge in [-0.2, -0.15) is 18.2 Å². The molecular weight excluding hydrogens is 489 g/mol. The maximum absolute atomic E-state index is 13.6. The number of aliphatic carboxylic acids is 1. The summed E-state index contributed by atoms with van der Waals surface area (Å²) in [7, 11) is 0. The number of nitrogens with zero attached hydrogens (tertiary/aromatic N) is 2. The molecule has 0 bridgehead atoms. The number of benzene rings is 3. The molecule has 1 unspecified atom stereocenters. The Morgan fingerprint density at radius 1 is 1.08 bits per heavy atom. The topological polar surface area (TPSA) is 72.2 Å². The van der Waals surface area contributed by atoms with E-state index in [1.165, 1.54) is 23.9 Å². The zero-order valence-corrected chi connectivity index (χ0v) is 20.2. The summed E-state index contributed by atoms with van der Waals surface area (Å²) in [4.78, 5) is 29.6. The van der Waals surface area contributed by atoms with E-state index >= 15 is 0 Å². The maximum Gasteiger partial charge on any atom is 0.416 e. The van der Waals surface area contributed by atoms with Crippen molar-refractivity contribution in [2.24, 2.45) is 0 Å². The largest absolute Gasteiger partial charge is 0.480 e. The second-order valence-corrected chi connectivity index (χ2v) is 10.9. The highest BCUT2D eigenvalue weighted by atomic mass is 32.2. The molecule has 0 amide bonds. The molecule has 0 saturated carbocycles. The Hall–Kier alpha value is -3.59. The Kier molecular flexibility index (Phi) is 5.70. The smallest absolute Gasteiger partial charge is 0.416 e. The Bertz CT molecular complexity index is 1570. The van der Waals surface area contributed by atoms with Crippen LogP contribution in [0.4, 0.5) is 13.2 Å². The van der Waals surface area contributed by atoms with Crippen molar-refractivity contribution in [3.63, 3.8) is 0 Å². The number of hydrogen-bond acceptors (Lipinski definition) is 4. The first-order valence-electron chi connectivity index (χ1n) is 11.2. The van der Waals surface area contributed by atoms with Crippen LogP contribution in [0.15, 0.2) is 76.6 Å². The van der Waals surface area contributed by atoms with Gasteiger partial charge in [-0.25, -0.2) is 9.59 Å². The minimum Gasteiger partial charge on any atom is -0.480 e. The van der Waals surface area contributed by atoms with Crippen LogP contribution in [0.5, 0.6) is 0 Å². The molecule has 1 aliphatic heterocycles. The Morgan fingerprint density at radius 3 is 2.50 bits per heavy atom. The number of carboxylic acid groups (broad SMARTS) is 1. The van der Waals surface area contributed by atoms with Gasteiger partial charge < -0.3 is 5.11 Å². The van der Waals surface area contributed by atoms with Crippen molar-refractivity contribution in [2.75, 3.05) is 0 Å². The van der Waals surface area contributed by atoms with E-state index in [1.807, 2.05) is 42.5 Å². The van der Waals surface area contributed by atoms with Crippen molar-refractivity contribution < 1.29 is 23.1 Å². The maximum atomic E-state index is 13.6. The molecule has 1 aromatic heterocycles. The van der Waals surface area contributed by atoms with Crippen LogP contribution in [0.2, 0.25) is 0 Å². The zero-order valence-electron chi connectivity index (χ0n) is 19.3. The Morgan fingerprint density at radius 2 is 1.78 bits per heavy atom. The highest BCUT2D eigenvalue weighted by Crippen LogP contribution is 2.51. The Labute approximate surface area is 208 Å². The molecule has 5 nitrogen and oxygen atoms in total. The van der Waals surface area contributed by atoms with Gasteiger partial charge in [0.05, 0.1) is 16.3 Å². The minimum absolute atomic E-state index is 0.189. The van der Waals surface area contributed by atoms with Crippen molar-refractivity contribution in [3.05, 3.63) is 94.0 Å². The number of rotatable bonds is 4. The van der Waals surface area contributed by atoms with Crippen molar-refractivity contribution in [1.82, 2.24) is 9.55 Å². The van der Waals surface area contributed by atoms with Gasteiger partial charge in [0.15, 0.2) is 6.04 Å². The van der Waals surface area contributed by atoms with E-state index in [1.54, 1.807) is 13.8 Å². The quantitative estimate of drug-likeness (QED) is 0.332. The predicted octanol–water partition coefficient (Wildman–Crippen LogP) is 6.18. The number of alkyl halides is 3. The summed E-state index contributed by atoms with van der Waals surface area (Å²) in [6.07, 6.45) is -4.38. The number of aromatic nitrogens is 2. The van der Waals surface area contributed by atoms with Gasteiger partial charge in [0.1, 0.15) is 0 Å². The van der Waals surface area contributed by atoms with Gasteiger partial charge in [0, 0.05) is 16.7 Å². The van der Waals surface area contributed by atoms with Crippen LogP contribution in [-0.2, 0) is 17.4 Å². The molecule has 0 spiro atoms. The SMILES string of the molecule is CC1(C)Sc2c(-c3cccc(C(F)(F)F)c3)c(Cc3cccc4ccccc34)nc(=O)n2C1C(=O)O. The minimum atomic E-state index is -4.57. The van der Waals surface area contributed by atoms with Crippen LogP contribution in [0.25, 0.3) is 21.9 Å². The van der Waals surface area contributed by atoms with Crippen molar-refractivity contribution >= 4 is 28.5 Å². The van der Waals surface area contributed by atoms with Crippen LogP contribution in [0.3, 0.4) is 0 Å². The average molecular weight is 511 g/mol. The van der Waals surface area contributed by atoms with Gasteiger partial charge in [-0.15, -0.1) is 0 Å². The van der Waals surface area contributed by atoms with Gasteiger partial charge in [0.2, 0.25) is 0 Å². The molecule has 1 aliphatic rings. The Balaban J connectivity index is 1.79. The van der Waals surface area contributed by atoms with Crippen LogP contribution in [0.1, 0.15) is 36.7 Å². The fraction of sp³-hybridized carbons (Fsp3) is 0.222. The third-order valence-electron chi connectivity index (χ3n) is 6.38. The lowest BCUT2D eigenvalue weighted by Gasteiger charge is -2.21. The molecule has 0 saturated heterocycles. The van der Waals surface area contributed by atoms with E-state index in [0.29, 0.717) is 16.3 Å². The lowest BCUT2D eigenvalue weighted by atomic mass is 9.95. The highest BCUT2D eigenvalue weighted by Gasteiger charge is 2.47. The second kappa shape index (κ2) is 8.51. The first kappa shape index (κ1) is 24.1. The molecular formula is C27H21F3N2O3S. The molecule has 2 heterocycles. The number of carbonyl (C=O) groups is 1. The standard InChI is InChI=1S/C27H21F3N2O3S/c1-26(2)22(24(33)34)32-23(36-26)21(17-10-6-11-18(13-17)27(28,29)30)20(31-25(32)35)14-16-9-5-8-15-7-3-4-12-19(15)16/h3-13,22H,14H2,1-2H3,(H,33,34). The highest BCUT2D eigenvalue weighted by molar-refractivity contribution is 8.01. The molecule has 4 aromatic rings. The number of fused-ring (bicyclic) bond motifs is 2. The van der Waals surface area contributed by atoms with E-state index in [-0.39, 0.29) is 12.0 Å². The number of halogens is 3. The zero-order chi connectivity index (χ0) is 25.8. The van der Waals surface area contributed by atoms with E-state index in [4.69, 9.17) is 0 Å². The van der Waals surface area contributed by atoms with E-state index in [9.17, 15) is 27.9 Å². The van der Waals surface area contributed by atoms with Crippen molar-refractivity contribution in [3.8, 4) is 11.1 Å². The first-order chi connectivity index (χ1) is 17.0. The van der Waals surface area contributed by atoms with Gasteiger partial charge in [-0.1, -0.05) is 66.4 Å². The van der Waals surface area contributed by atoms with E-state index in [2.05, 4.69) is 4.98 Å². The fourth-order valence-corrected chi connectivity index (χ4v) is 6.24. The normalized spacial score (nSPS) is 16.8. The summed E-state index contributed by atoms with van der Waals surface area (Å²) in [5.74, 6) is -1.20. The molecule has 0 fully saturated rings. The van der Waals surface area contributed by atoms with Crippen LogP contribution in [-0.4, -0.2) is 25.4 Å². The molecule has 1 atom stereocenters. The summed E-state index contributed by atoms with van der Waals surface area (Å²) in [5.41, 5.74) is 0.159. The molecule has 0 aliphatic carbocycles. The molecule has 3 aromatic carbocycles. The third-order valence-corrected chi connectivity index (χ3v) is 7.73. The third kappa shape index (κ3) is 4.07. The van der Waals surface area contributed by atoms with E-state index in [0.717, 1.165) is 33.0 Å². The summed E-state index contributed by atoms with van der Waals surface area (Å²) < 4.78 is 40.9. The predicted molar refractivity (Wildman–Crippen MR) is 132 cm³/mol. The lowest BCUT2D eigenvalue weighted by molar-refractivity contribution is -0.142. The molecule has 0 radical (unpaired) electrons. The van der Waals surface area contributed by atoms with Crippen molar-refractivity contribution in [1.29, 1.82) is 0 Å². The molecule has 5 rings (SSSR count). The second-order valence-electron chi connectivity index (χ2n) is 9.23. The summed E-state index contributed by atoms with van der Waals surface area (Å²) in [5, 5.41) is 12.1.